The number of hydrogen-bond acceptors (Lipinski definition) is 5. The first-order valence-corrected chi connectivity index (χ1v) is 11.6. The summed E-state index contributed by atoms with van der Waals surface area (Å²) in [5, 5.41) is 2.98. The van der Waals surface area contributed by atoms with Crippen LogP contribution in [-0.4, -0.2) is 52.0 Å². The third-order valence-corrected chi connectivity index (χ3v) is 6.89. The minimum absolute atomic E-state index is 0.0464. The fourth-order valence-electron chi connectivity index (χ4n) is 3.73. The number of aryl methyl sites for hydroxylation is 1. The number of anilines is 1. The molecule has 1 aliphatic heterocycles. The summed E-state index contributed by atoms with van der Waals surface area (Å²) in [5.74, 6) is 0.382. The van der Waals surface area contributed by atoms with E-state index in [0.717, 1.165) is 31.5 Å². The van der Waals surface area contributed by atoms with Crippen LogP contribution in [0.5, 0.6) is 5.75 Å². The summed E-state index contributed by atoms with van der Waals surface area (Å²) >= 11 is 0. The van der Waals surface area contributed by atoms with E-state index in [1.807, 2.05) is 0 Å². The third kappa shape index (κ3) is 5.12. The van der Waals surface area contributed by atoms with Crippen molar-refractivity contribution >= 4 is 21.6 Å². The van der Waals surface area contributed by atoms with E-state index in [9.17, 15) is 13.2 Å². The summed E-state index contributed by atoms with van der Waals surface area (Å²) in [4.78, 5) is 15.2. The number of carbonyl (C=O) groups excluding carboxylic acids is 1. The first-order chi connectivity index (χ1) is 14.3. The number of carbonyl (C=O) groups is 1. The van der Waals surface area contributed by atoms with Crippen LogP contribution in [0.4, 0.5) is 5.69 Å². The second-order valence-electron chi connectivity index (χ2n) is 7.45. The monoisotopic (exact) mass is 431 g/mol. The third-order valence-electron chi connectivity index (χ3n) is 5.51. The van der Waals surface area contributed by atoms with Gasteiger partial charge < -0.3 is 10.1 Å². The van der Waals surface area contributed by atoms with Crippen LogP contribution < -0.4 is 14.8 Å². The van der Waals surface area contributed by atoms with Gasteiger partial charge in [0.2, 0.25) is 0 Å². The number of nitrogens with zero attached hydrogens (tertiary/aromatic N) is 1. The van der Waals surface area contributed by atoms with Crippen molar-refractivity contribution < 1.29 is 17.9 Å². The van der Waals surface area contributed by atoms with E-state index in [1.54, 1.807) is 44.4 Å². The molecule has 0 radical (unpaired) electrons. The highest BCUT2D eigenvalue weighted by molar-refractivity contribution is 7.92. The minimum atomic E-state index is -3.83. The lowest BCUT2D eigenvalue weighted by molar-refractivity contribution is 0.0940. The summed E-state index contributed by atoms with van der Waals surface area (Å²) in [6.07, 6.45) is 2.20. The Kier molecular flexibility index (Phi) is 6.99. The van der Waals surface area contributed by atoms with Crippen LogP contribution in [0.25, 0.3) is 0 Å². The van der Waals surface area contributed by atoms with Crippen LogP contribution in [0.2, 0.25) is 0 Å². The van der Waals surface area contributed by atoms with Crippen LogP contribution in [0.1, 0.15) is 35.7 Å². The largest absolute Gasteiger partial charge is 0.497 e. The highest BCUT2D eigenvalue weighted by Crippen LogP contribution is 2.22. The molecule has 2 aromatic rings. The van der Waals surface area contributed by atoms with Crippen molar-refractivity contribution in [2.75, 3.05) is 31.5 Å². The average Bonchev–Trinajstić information content (AvgIpc) is 3.20. The molecule has 8 heteroatoms. The molecule has 2 N–H and O–H groups in total. The van der Waals surface area contributed by atoms with Gasteiger partial charge in [-0.05, 0) is 74.8 Å². The molecule has 1 fully saturated rings. The lowest BCUT2D eigenvalue weighted by atomic mass is 10.1. The molecular weight excluding hydrogens is 402 g/mol. The van der Waals surface area contributed by atoms with Crippen molar-refractivity contribution in [2.45, 2.75) is 37.6 Å². The van der Waals surface area contributed by atoms with Crippen molar-refractivity contribution in [3.05, 3.63) is 53.6 Å². The number of likely N-dealkylation sites (N-methyl/N-ethyl adjacent to an activating group) is 1. The van der Waals surface area contributed by atoms with Crippen molar-refractivity contribution in [2.24, 2.45) is 0 Å². The van der Waals surface area contributed by atoms with Gasteiger partial charge in [0.05, 0.1) is 12.0 Å². The van der Waals surface area contributed by atoms with Gasteiger partial charge in [0, 0.05) is 23.8 Å². The minimum Gasteiger partial charge on any atom is -0.497 e. The lowest BCUT2D eigenvalue weighted by Crippen LogP contribution is -2.40. The normalized spacial score (nSPS) is 17.0. The van der Waals surface area contributed by atoms with Crippen LogP contribution in [-0.2, 0) is 10.0 Å². The maximum Gasteiger partial charge on any atom is 0.261 e. The first-order valence-electron chi connectivity index (χ1n) is 10.1. The molecule has 1 heterocycles. The van der Waals surface area contributed by atoms with Gasteiger partial charge in [0.1, 0.15) is 5.75 Å². The molecule has 1 amide bonds. The SMILES string of the molecule is CCN1CCCC1CNC(=O)c1cc(S(=O)(=O)Nc2ccc(OC)cc2)ccc1C. The molecule has 0 spiro atoms. The van der Waals surface area contributed by atoms with Crippen LogP contribution in [0, 0.1) is 6.92 Å². The molecule has 7 nitrogen and oxygen atoms in total. The number of ether oxygens (including phenoxy) is 1. The van der Waals surface area contributed by atoms with Crippen molar-refractivity contribution in [1.29, 1.82) is 0 Å². The van der Waals surface area contributed by atoms with Gasteiger partial charge in [-0.1, -0.05) is 13.0 Å². The number of methoxy groups -OCH3 is 1. The Hall–Kier alpha value is -2.58. The molecule has 0 aromatic heterocycles. The Morgan fingerprint density at radius 1 is 1.20 bits per heavy atom. The first kappa shape index (κ1) is 22.1. The Bertz CT molecular complexity index is 990. The highest BCUT2D eigenvalue weighted by atomic mass is 32.2. The van der Waals surface area contributed by atoms with Gasteiger partial charge in [0.15, 0.2) is 0 Å². The van der Waals surface area contributed by atoms with Crippen molar-refractivity contribution in [3.63, 3.8) is 0 Å². The van der Waals surface area contributed by atoms with E-state index in [4.69, 9.17) is 4.74 Å². The molecule has 0 aliphatic carbocycles. The quantitative estimate of drug-likeness (QED) is 0.671. The van der Waals surface area contributed by atoms with Gasteiger partial charge >= 0.3 is 0 Å². The summed E-state index contributed by atoms with van der Waals surface area (Å²) in [6, 6.07) is 11.5. The molecule has 1 saturated heterocycles. The lowest BCUT2D eigenvalue weighted by Gasteiger charge is -2.23. The van der Waals surface area contributed by atoms with Gasteiger partial charge in [0.25, 0.3) is 15.9 Å². The van der Waals surface area contributed by atoms with Crippen molar-refractivity contribution in [3.8, 4) is 5.75 Å². The second-order valence-corrected chi connectivity index (χ2v) is 9.13. The molecule has 1 atom stereocenters. The zero-order chi connectivity index (χ0) is 21.7. The number of nitrogens with one attached hydrogen (secondary N) is 2. The van der Waals surface area contributed by atoms with E-state index in [2.05, 4.69) is 21.9 Å². The smallest absolute Gasteiger partial charge is 0.261 e. The van der Waals surface area contributed by atoms with Crippen molar-refractivity contribution in [1.82, 2.24) is 10.2 Å². The highest BCUT2D eigenvalue weighted by Gasteiger charge is 2.24. The summed E-state index contributed by atoms with van der Waals surface area (Å²) in [7, 11) is -2.28. The van der Waals surface area contributed by atoms with E-state index in [1.165, 1.54) is 12.1 Å². The number of sulfonamides is 1. The Morgan fingerprint density at radius 2 is 1.93 bits per heavy atom. The maximum atomic E-state index is 12.8. The zero-order valence-corrected chi connectivity index (χ0v) is 18.5. The predicted molar refractivity (Wildman–Crippen MR) is 118 cm³/mol. The maximum absolute atomic E-state index is 12.8. The van der Waals surface area contributed by atoms with E-state index >= 15 is 0 Å². The van der Waals surface area contributed by atoms with Crippen LogP contribution in [0.3, 0.4) is 0 Å². The molecule has 3 rings (SSSR count). The Balaban J connectivity index is 1.73. The molecular formula is C22H29N3O4S. The predicted octanol–water partition coefficient (Wildman–Crippen LogP) is 3.02. The molecule has 2 aromatic carbocycles. The summed E-state index contributed by atoms with van der Waals surface area (Å²) in [6.45, 7) is 6.50. The molecule has 0 saturated carbocycles. The molecule has 162 valence electrons. The number of hydrogen-bond donors (Lipinski definition) is 2. The fourth-order valence-corrected chi connectivity index (χ4v) is 4.82. The van der Waals surface area contributed by atoms with E-state index in [-0.39, 0.29) is 10.8 Å². The van der Waals surface area contributed by atoms with Gasteiger partial charge in [-0.2, -0.15) is 0 Å². The van der Waals surface area contributed by atoms with E-state index in [0.29, 0.717) is 29.6 Å². The molecule has 1 unspecified atom stereocenters. The van der Waals surface area contributed by atoms with Gasteiger partial charge in [-0.3, -0.25) is 14.4 Å². The Labute approximate surface area is 178 Å². The summed E-state index contributed by atoms with van der Waals surface area (Å²) < 4.78 is 33.2. The fraction of sp³-hybridized carbons (Fsp3) is 0.409. The van der Waals surface area contributed by atoms with E-state index < -0.39 is 10.0 Å². The standard InChI is InChI=1S/C22H29N3O4S/c1-4-25-13-5-6-18(25)15-23-22(26)21-14-20(12-7-16(21)2)30(27,28)24-17-8-10-19(29-3)11-9-17/h7-12,14,18,24H,4-6,13,15H2,1-3H3,(H,23,26). The zero-order valence-electron chi connectivity index (χ0n) is 17.6. The number of amides is 1. The average molecular weight is 432 g/mol. The topological polar surface area (TPSA) is 87.7 Å². The van der Waals surface area contributed by atoms with Crippen LogP contribution >= 0.6 is 0 Å². The summed E-state index contributed by atoms with van der Waals surface area (Å²) in [5.41, 5.74) is 1.52. The Morgan fingerprint density at radius 3 is 2.60 bits per heavy atom. The molecule has 30 heavy (non-hydrogen) atoms. The number of benzene rings is 2. The van der Waals surface area contributed by atoms with Gasteiger partial charge in [-0.25, -0.2) is 8.42 Å². The number of likely N-dealkylation sites (tertiary alicyclic amines) is 1. The van der Waals surface area contributed by atoms with Crippen LogP contribution in [0.15, 0.2) is 47.4 Å². The second kappa shape index (κ2) is 9.49. The molecule has 1 aliphatic rings. The van der Waals surface area contributed by atoms with Gasteiger partial charge in [-0.15, -0.1) is 0 Å². The number of rotatable bonds is 8. The molecule has 0 bridgehead atoms.